The highest BCUT2D eigenvalue weighted by molar-refractivity contribution is 9.09. The lowest BCUT2D eigenvalue weighted by molar-refractivity contribution is 0.474. The van der Waals surface area contributed by atoms with E-state index in [1.54, 1.807) is 18.3 Å². The highest BCUT2D eigenvalue weighted by Crippen LogP contribution is 2.12. The molecule has 0 amide bonds. The molecule has 0 saturated carbocycles. The van der Waals surface area contributed by atoms with E-state index >= 15 is 0 Å². The Labute approximate surface area is 80.1 Å². The van der Waals surface area contributed by atoms with Crippen LogP contribution in [0.5, 0.6) is 5.75 Å². The van der Waals surface area contributed by atoms with Crippen molar-refractivity contribution < 1.29 is 5.11 Å². The zero-order valence-electron chi connectivity index (χ0n) is 6.57. The molecule has 1 aromatic carbocycles. The van der Waals surface area contributed by atoms with E-state index in [-0.39, 0.29) is 5.75 Å². The minimum absolute atomic E-state index is 0.274. The molecule has 0 aliphatic rings. The van der Waals surface area contributed by atoms with Gasteiger partial charge in [0.05, 0.1) is 0 Å². The molecule has 0 unspecified atom stereocenters. The molecule has 0 bridgehead atoms. The molecule has 12 heavy (non-hydrogen) atoms. The van der Waals surface area contributed by atoms with Crippen LogP contribution >= 0.6 is 15.9 Å². The summed E-state index contributed by atoms with van der Waals surface area (Å²) in [6.07, 6.45) is 1.68. The molecular formula is C9H10BrNO. The molecule has 2 nitrogen and oxygen atoms in total. The van der Waals surface area contributed by atoms with Crippen LogP contribution in [0.1, 0.15) is 5.56 Å². The van der Waals surface area contributed by atoms with Crippen molar-refractivity contribution in [3.8, 4) is 5.75 Å². The number of aliphatic imine (C=N–C) groups is 1. The fourth-order valence-electron chi connectivity index (χ4n) is 0.808. The second kappa shape index (κ2) is 4.93. The molecular weight excluding hydrogens is 218 g/mol. The van der Waals surface area contributed by atoms with E-state index < -0.39 is 0 Å². The topological polar surface area (TPSA) is 32.6 Å². The molecule has 0 saturated heterocycles. The van der Waals surface area contributed by atoms with Crippen LogP contribution in [0.25, 0.3) is 0 Å². The molecule has 3 heteroatoms. The molecule has 0 aliphatic heterocycles. The second-order valence-corrected chi connectivity index (χ2v) is 3.08. The summed E-state index contributed by atoms with van der Waals surface area (Å²) in [6.45, 7) is 0.730. The number of phenols is 1. The van der Waals surface area contributed by atoms with E-state index in [4.69, 9.17) is 0 Å². The van der Waals surface area contributed by atoms with Crippen LogP contribution in [0.15, 0.2) is 29.3 Å². The Balaban J connectivity index is 2.68. The molecule has 0 fully saturated rings. The highest BCUT2D eigenvalue weighted by atomic mass is 79.9. The first-order chi connectivity index (χ1) is 5.84. The fourth-order valence-corrected chi connectivity index (χ4v) is 1.01. The van der Waals surface area contributed by atoms with Crippen LogP contribution in [-0.2, 0) is 0 Å². The van der Waals surface area contributed by atoms with Crippen molar-refractivity contribution in [2.45, 2.75) is 0 Å². The van der Waals surface area contributed by atoms with Gasteiger partial charge in [-0.25, -0.2) is 0 Å². The molecule has 0 spiro atoms. The van der Waals surface area contributed by atoms with Crippen molar-refractivity contribution in [1.82, 2.24) is 0 Å². The fraction of sp³-hybridized carbons (Fsp3) is 0.222. The predicted octanol–water partition coefficient (Wildman–Crippen LogP) is 2.21. The maximum atomic E-state index is 9.31. The number of rotatable bonds is 3. The number of hydrogen-bond acceptors (Lipinski definition) is 2. The van der Waals surface area contributed by atoms with Gasteiger partial charge in [-0.15, -0.1) is 0 Å². The summed E-state index contributed by atoms with van der Waals surface area (Å²) in [6, 6.07) is 7.13. The Morgan fingerprint density at radius 2 is 2.17 bits per heavy atom. The van der Waals surface area contributed by atoms with Crippen molar-refractivity contribution in [1.29, 1.82) is 0 Å². The normalized spacial score (nSPS) is 10.8. The SMILES string of the molecule is Oc1ccccc1C=NCCBr. The van der Waals surface area contributed by atoms with Gasteiger partial charge in [0.25, 0.3) is 0 Å². The summed E-state index contributed by atoms with van der Waals surface area (Å²) >= 11 is 3.27. The number of phenolic OH excluding ortho intramolecular Hbond substituents is 1. The van der Waals surface area contributed by atoms with Crippen LogP contribution in [-0.4, -0.2) is 23.2 Å². The van der Waals surface area contributed by atoms with Gasteiger partial charge in [0.15, 0.2) is 0 Å². The molecule has 1 aromatic rings. The Hall–Kier alpha value is -0.830. The van der Waals surface area contributed by atoms with Crippen molar-refractivity contribution in [3.05, 3.63) is 29.8 Å². The number of nitrogens with zero attached hydrogens (tertiary/aromatic N) is 1. The van der Waals surface area contributed by atoms with Gasteiger partial charge in [-0.2, -0.15) is 0 Å². The minimum atomic E-state index is 0.274. The van der Waals surface area contributed by atoms with Gasteiger partial charge in [-0.1, -0.05) is 28.1 Å². The zero-order chi connectivity index (χ0) is 8.81. The Morgan fingerprint density at radius 1 is 1.42 bits per heavy atom. The number of halogens is 1. The van der Waals surface area contributed by atoms with Crippen LogP contribution in [0.4, 0.5) is 0 Å². The van der Waals surface area contributed by atoms with Crippen molar-refractivity contribution in [2.75, 3.05) is 11.9 Å². The van der Waals surface area contributed by atoms with E-state index in [2.05, 4.69) is 20.9 Å². The summed E-state index contributed by atoms with van der Waals surface area (Å²) in [7, 11) is 0. The average molecular weight is 228 g/mol. The lowest BCUT2D eigenvalue weighted by Gasteiger charge is -1.95. The van der Waals surface area contributed by atoms with E-state index in [0.29, 0.717) is 0 Å². The number of aromatic hydroxyl groups is 1. The lowest BCUT2D eigenvalue weighted by Crippen LogP contribution is -1.85. The standard InChI is InChI=1S/C9H10BrNO/c10-5-6-11-7-8-3-1-2-4-9(8)12/h1-4,7,12H,5-6H2. The molecule has 0 aliphatic carbocycles. The Bertz CT molecular complexity index is 273. The molecule has 0 aromatic heterocycles. The first-order valence-electron chi connectivity index (χ1n) is 3.68. The predicted molar refractivity (Wildman–Crippen MR) is 54.4 cm³/mol. The Kier molecular flexibility index (Phi) is 3.80. The van der Waals surface area contributed by atoms with Gasteiger partial charge in [0, 0.05) is 23.7 Å². The van der Waals surface area contributed by atoms with E-state index in [1.165, 1.54) is 0 Å². The minimum Gasteiger partial charge on any atom is -0.507 e. The van der Waals surface area contributed by atoms with E-state index in [1.807, 2.05) is 12.1 Å². The molecule has 1 N–H and O–H groups in total. The van der Waals surface area contributed by atoms with Crippen LogP contribution in [0, 0.1) is 0 Å². The van der Waals surface area contributed by atoms with E-state index in [9.17, 15) is 5.11 Å². The number of hydrogen-bond donors (Lipinski definition) is 1. The van der Waals surface area contributed by atoms with Crippen molar-refractivity contribution in [2.24, 2.45) is 4.99 Å². The maximum Gasteiger partial charge on any atom is 0.124 e. The third-order valence-corrected chi connectivity index (χ3v) is 1.74. The number of benzene rings is 1. The summed E-state index contributed by atoms with van der Waals surface area (Å²) < 4.78 is 0. The van der Waals surface area contributed by atoms with E-state index in [0.717, 1.165) is 17.4 Å². The Morgan fingerprint density at radius 3 is 2.83 bits per heavy atom. The third-order valence-electron chi connectivity index (χ3n) is 1.38. The first-order valence-corrected chi connectivity index (χ1v) is 4.80. The van der Waals surface area contributed by atoms with Gasteiger partial charge in [-0.3, -0.25) is 4.99 Å². The first kappa shape index (κ1) is 9.26. The van der Waals surface area contributed by atoms with Gasteiger partial charge in [0.2, 0.25) is 0 Å². The average Bonchev–Trinajstić information content (AvgIpc) is 2.09. The monoisotopic (exact) mass is 227 g/mol. The third kappa shape index (κ3) is 2.66. The van der Waals surface area contributed by atoms with Gasteiger partial charge in [0.1, 0.15) is 5.75 Å². The molecule has 1 rings (SSSR count). The van der Waals surface area contributed by atoms with Gasteiger partial charge >= 0.3 is 0 Å². The quantitative estimate of drug-likeness (QED) is 0.624. The summed E-state index contributed by atoms with van der Waals surface area (Å²) in [5.74, 6) is 0.274. The molecule has 0 heterocycles. The van der Waals surface area contributed by atoms with Gasteiger partial charge in [-0.05, 0) is 12.1 Å². The van der Waals surface area contributed by atoms with Crippen molar-refractivity contribution >= 4 is 22.1 Å². The maximum absolute atomic E-state index is 9.31. The largest absolute Gasteiger partial charge is 0.507 e. The van der Waals surface area contributed by atoms with Crippen LogP contribution in [0.3, 0.4) is 0 Å². The number of para-hydroxylation sites is 1. The lowest BCUT2D eigenvalue weighted by atomic mass is 10.2. The summed E-state index contributed by atoms with van der Waals surface area (Å²) in [5.41, 5.74) is 0.762. The summed E-state index contributed by atoms with van der Waals surface area (Å²) in [4.78, 5) is 4.09. The smallest absolute Gasteiger partial charge is 0.124 e. The van der Waals surface area contributed by atoms with Crippen molar-refractivity contribution in [3.63, 3.8) is 0 Å². The summed E-state index contributed by atoms with van der Waals surface area (Å²) in [5, 5.41) is 10.2. The molecule has 0 atom stereocenters. The molecule has 64 valence electrons. The second-order valence-electron chi connectivity index (χ2n) is 2.28. The van der Waals surface area contributed by atoms with Crippen LogP contribution in [0.2, 0.25) is 0 Å². The van der Waals surface area contributed by atoms with Gasteiger partial charge < -0.3 is 5.11 Å². The van der Waals surface area contributed by atoms with Crippen LogP contribution < -0.4 is 0 Å². The zero-order valence-corrected chi connectivity index (χ0v) is 8.16. The molecule has 0 radical (unpaired) electrons. The highest BCUT2D eigenvalue weighted by Gasteiger charge is 1.92. The number of alkyl halides is 1.